The molecule has 1 saturated heterocycles. The van der Waals surface area contributed by atoms with Crippen LogP contribution < -0.4 is 14.8 Å². The topological polar surface area (TPSA) is 43.4 Å². The molecule has 5 aromatic rings. The molecule has 2 atom stereocenters. The second-order valence-corrected chi connectivity index (χ2v) is 12.0. The summed E-state index contributed by atoms with van der Waals surface area (Å²) in [7, 11) is 0. The highest BCUT2D eigenvalue weighted by atomic mass is 32.2. The molecule has 2 aliphatic heterocycles. The second-order valence-electron chi connectivity index (χ2n) is 9.66. The van der Waals surface area contributed by atoms with Crippen molar-refractivity contribution in [3.8, 4) is 11.5 Å². The number of hydrogen-bond acceptors (Lipinski definition) is 6. The molecule has 6 heteroatoms. The van der Waals surface area contributed by atoms with E-state index in [9.17, 15) is 0 Å². The lowest BCUT2D eigenvalue weighted by molar-refractivity contribution is 0.280. The summed E-state index contributed by atoms with van der Waals surface area (Å²) in [4.78, 5) is 4.73. The van der Waals surface area contributed by atoms with Crippen LogP contribution in [0.1, 0.15) is 41.6 Å². The van der Waals surface area contributed by atoms with E-state index in [2.05, 4.69) is 78.1 Å². The minimum absolute atomic E-state index is 0.448. The first-order valence-corrected chi connectivity index (χ1v) is 14.8. The van der Waals surface area contributed by atoms with Crippen LogP contribution in [-0.4, -0.2) is 24.0 Å². The van der Waals surface area contributed by atoms with Crippen molar-refractivity contribution >= 4 is 44.1 Å². The van der Waals surface area contributed by atoms with Crippen molar-refractivity contribution < 1.29 is 9.47 Å². The maximum atomic E-state index is 6.41. The number of nitrogens with zero attached hydrogens (tertiary/aromatic N) is 1. The van der Waals surface area contributed by atoms with Crippen LogP contribution in [0.5, 0.6) is 11.5 Å². The van der Waals surface area contributed by atoms with Gasteiger partial charge in [-0.2, -0.15) is 0 Å². The van der Waals surface area contributed by atoms with Gasteiger partial charge in [0.15, 0.2) is 15.8 Å². The summed E-state index contributed by atoms with van der Waals surface area (Å²) >= 11 is 3.50. The minimum atomic E-state index is 0.448. The van der Waals surface area contributed by atoms with Crippen LogP contribution in [0.4, 0.5) is 0 Å². The first-order chi connectivity index (χ1) is 18.3. The predicted octanol–water partition coefficient (Wildman–Crippen LogP) is 7.72. The van der Waals surface area contributed by atoms with Gasteiger partial charge in [-0.05, 0) is 64.6 Å². The number of hydrogen-bond donors (Lipinski definition) is 1. The Kier molecular flexibility index (Phi) is 6.25. The second kappa shape index (κ2) is 10.0. The van der Waals surface area contributed by atoms with Gasteiger partial charge in [0.1, 0.15) is 0 Å². The van der Waals surface area contributed by atoms with Gasteiger partial charge in [0.05, 0.1) is 23.4 Å². The molecule has 0 amide bonds. The quantitative estimate of drug-likeness (QED) is 0.158. The SMILES string of the molecule is c1ccc2c(CCOc3cc4c(cc3OCCSc3nc5ccccc5s3)C3CCC4N3)cccc2c1. The molecular weight excluding hydrogens is 496 g/mol. The van der Waals surface area contributed by atoms with E-state index >= 15 is 0 Å². The average Bonchev–Trinajstić information content (AvgIpc) is 3.66. The molecule has 4 nitrogen and oxygen atoms in total. The number of ether oxygens (including phenoxy) is 2. The van der Waals surface area contributed by atoms with Crippen LogP contribution in [0.15, 0.2) is 83.2 Å². The van der Waals surface area contributed by atoms with E-state index in [1.165, 1.54) is 45.0 Å². The van der Waals surface area contributed by atoms with E-state index < -0.39 is 0 Å². The van der Waals surface area contributed by atoms with Crippen molar-refractivity contribution in [2.24, 2.45) is 0 Å². The molecule has 0 radical (unpaired) electrons. The Bertz CT molecular complexity index is 1540. The van der Waals surface area contributed by atoms with Crippen molar-refractivity contribution in [3.63, 3.8) is 0 Å². The fourth-order valence-electron chi connectivity index (χ4n) is 5.63. The monoisotopic (exact) mass is 524 g/mol. The van der Waals surface area contributed by atoms with E-state index in [1.54, 1.807) is 23.1 Å². The molecule has 2 aliphatic rings. The molecule has 2 bridgehead atoms. The van der Waals surface area contributed by atoms with Gasteiger partial charge in [0.25, 0.3) is 0 Å². The molecule has 37 heavy (non-hydrogen) atoms. The highest BCUT2D eigenvalue weighted by Crippen LogP contribution is 2.48. The van der Waals surface area contributed by atoms with E-state index in [4.69, 9.17) is 14.5 Å². The standard InChI is InChI=1S/C31H28N2O2S2/c1-2-9-22-20(6-1)7-5-8-21(22)14-15-34-28-18-23-24(26-13-12-25(23)32-26)19-29(28)35-16-17-36-31-33-27-10-3-4-11-30(27)37-31/h1-11,18-19,25-26,32H,12-17H2. The summed E-state index contributed by atoms with van der Waals surface area (Å²) in [5.74, 6) is 2.56. The number of benzene rings is 4. The highest BCUT2D eigenvalue weighted by Gasteiger charge is 2.37. The van der Waals surface area contributed by atoms with Gasteiger partial charge in [-0.25, -0.2) is 4.98 Å². The van der Waals surface area contributed by atoms with Gasteiger partial charge in [-0.1, -0.05) is 66.4 Å². The third kappa shape index (κ3) is 4.58. The van der Waals surface area contributed by atoms with Gasteiger partial charge in [0, 0.05) is 24.3 Å². The number of aromatic nitrogens is 1. The number of para-hydroxylation sites is 1. The zero-order valence-corrected chi connectivity index (χ0v) is 22.1. The Morgan fingerprint density at radius 1 is 0.838 bits per heavy atom. The average molecular weight is 525 g/mol. The van der Waals surface area contributed by atoms with E-state index in [0.717, 1.165) is 33.5 Å². The molecule has 0 saturated carbocycles. The van der Waals surface area contributed by atoms with E-state index in [1.807, 2.05) is 6.07 Å². The minimum Gasteiger partial charge on any atom is -0.489 e. The molecule has 4 aromatic carbocycles. The predicted molar refractivity (Wildman–Crippen MR) is 153 cm³/mol. The van der Waals surface area contributed by atoms with Crippen molar-refractivity contribution in [1.82, 2.24) is 10.3 Å². The Morgan fingerprint density at radius 3 is 2.41 bits per heavy atom. The number of rotatable bonds is 9. The van der Waals surface area contributed by atoms with Crippen molar-refractivity contribution in [1.29, 1.82) is 0 Å². The van der Waals surface area contributed by atoms with Crippen molar-refractivity contribution in [2.75, 3.05) is 19.0 Å². The number of thiazole rings is 1. The third-order valence-corrected chi connectivity index (χ3v) is 9.54. The van der Waals surface area contributed by atoms with Gasteiger partial charge in [0.2, 0.25) is 0 Å². The van der Waals surface area contributed by atoms with Crippen LogP contribution in [0.2, 0.25) is 0 Å². The summed E-state index contributed by atoms with van der Waals surface area (Å²) < 4.78 is 15.1. The number of nitrogens with one attached hydrogen (secondary N) is 1. The summed E-state index contributed by atoms with van der Waals surface area (Å²) in [5.41, 5.74) is 5.15. The van der Waals surface area contributed by atoms with Crippen LogP contribution in [0.3, 0.4) is 0 Å². The molecule has 1 N–H and O–H groups in total. The van der Waals surface area contributed by atoms with Crippen LogP contribution in [0, 0.1) is 0 Å². The molecule has 186 valence electrons. The molecule has 0 aliphatic carbocycles. The van der Waals surface area contributed by atoms with Crippen LogP contribution in [0.25, 0.3) is 21.0 Å². The fraction of sp³-hybridized carbons (Fsp3) is 0.258. The van der Waals surface area contributed by atoms with E-state index in [-0.39, 0.29) is 0 Å². The number of thioether (sulfide) groups is 1. The molecule has 2 unspecified atom stereocenters. The molecule has 3 heterocycles. The van der Waals surface area contributed by atoms with Crippen molar-refractivity contribution in [2.45, 2.75) is 35.7 Å². The van der Waals surface area contributed by atoms with Crippen LogP contribution in [-0.2, 0) is 6.42 Å². The lowest BCUT2D eigenvalue weighted by Crippen LogP contribution is -2.08. The summed E-state index contributed by atoms with van der Waals surface area (Å²) in [6, 6.07) is 28.7. The zero-order chi connectivity index (χ0) is 24.6. The first-order valence-electron chi connectivity index (χ1n) is 13.0. The Morgan fingerprint density at radius 2 is 1.57 bits per heavy atom. The molecule has 0 spiro atoms. The zero-order valence-electron chi connectivity index (χ0n) is 20.5. The number of fused-ring (bicyclic) bond motifs is 7. The highest BCUT2D eigenvalue weighted by molar-refractivity contribution is 8.01. The van der Waals surface area contributed by atoms with Crippen molar-refractivity contribution in [3.05, 3.63) is 95.6 Å². The molecule has 1 fully saturated rings. The lowest BCUT2D eigenvalue weighted by atomic mass is 9.91. The van der Waals surface area contributed by atoms with Gasteiger partial charge in [-0.3, -0.25) is 0 Å². The van der Waals surface area contributed by atoms with Gasteiger partial charge in [-0.15, -0.1) is 11.3 Å². The molecule has 1 aromatic heterocycles. The molecular formula is C31H28N2O2S2. The van der Waals surface area contributed by atoms with Crippen LogP contribution >= 0.6 is 23.1 Å². The Labute approximate surface area is 225 Å². The first kappa shape index (κ1) is 23.1. The molecule has 7 rings (SSSR count). The van der Waals surface area contributed by atoms with Gasteiger partial charge < -0.3 is 14.8 Å². The Hall–Kier alpha value is -3.06. The summed E-state index contributed by atoms with van der Waals surface area (Å²) in [6.07, 6.45) is 3.26. The maximum Gasteiger partial charge on any atom is 0.161 e. The van der Waals surface area contributed by atoms with E-state index in [0.29, 0.717) is 25.3 Å². The maximum absolute atomic E-state index is 6.41. The lowest BCUT2D eigenvalue weighted by Gasteiger charge is -2.19. The summed E-state index contributed by atoms with van der Waals surface area (Å²) in [6.45, 7) is 1.23. The normalized spacial score (nSPS) is 17.9. The fourth-order valence-corrected chi connectivity index (χ4v) is 7.59. The third-order valence-electron chi connectivity index (χ3n) is 7.40. The largest absolute Gasteiger partial charge is 0.489 e. The summed E-state index contributed by atoms with van der Waals surface area (Å²) in [5, 5.41) is 6.30. The Balaban J connectivity index is 1.05. The smallest absolute Gasteiger partial charge is 0.161 e. The van der Waals surface area contributed by atoms with Gasteiger partial charge >= 0.3 is 0 Å².